The molecule has 4 aromatic rings. The number of phenols is 1. The number of hydrogen-bond acceptors (Lipinski definition) is 3. The smallest absolute Gasteiger partial charge is 0.131 e. The Hall–Kier alpha value is -3.20. The first-order chi connectivity index (χ1) is 13.2. The summed E-state index contributed by atoms with van der Waals surface area (Å²) in [5.41, 5.74) is 2.41. The molecule has 0 unspecified atom stereocenters. The second kappa shape index (κ2) is 7.20. The van der Waals surface area contributed by atoms with Crippen LogP contribution in [0, 0.1) is 0 Å². The van der Waals surface area contributed by atoms with Gasteiger partial charge in [0.25, 0.3) is 0 Å². The lowest BCUT2D eigenvalue weighted by Crippen LogP contribution is -1.97. The summed E-state index contributed by atoms with van der Waals surface area (Å²) >= 11 is 0. The molecule has 4 rings (SSSR count). The van der Waals surface area contributed by atoms with Crippen molar-refractivity contribution in [1.29, 1.82) is 0 Å². The van der Waals surface area contributed by atoms with Crippen molar-refractivity contribution in [3.63, 3.8) is 0 Å². The van der Waals surface area contributed by atoms with Gasteiger partial charge >= 0.3 is 0 Å². The number of benzene rings is 4. The van der Waals surface area contributed by atoms with Gasteiger partial charge in [0, 0.05) is 16.8 Å². The van der Waals surface area contributed by atoms with E-state index >= 15 is 0 Å². The Morgan fingerprint density at radius 3 is 1.63 bits per heavy atom. The molecule has 27 heavy (non-hydrogen) atoms. The van der Waals surface area contributed by atoms with Crippen LogP contribution in [0.5, 0.6) is 17.2 Å². The van der Waals surface area contributed by atoms with Crippen LogP contribution in [0.1, 0.15) is 11.1 Å². The number of fused-ring (bicyclic) bond motifs is 2. The molecule has 1 N–H and O–H groups in total. The highest BCUT2D eigenvalue weighted by molar-refractivity contribution is 6.08. The van der Waals surface area contributed by atoms with Crippen molar-refractivity contribution in [3.8, 4) is 17.2 Å². The molecule has 0 aliphatic heterocycles. The molecule has 0 bridgehead atoms. The van der Waals surface area contributed by atoms with E-state index in [9.17, 15) is 5.11 Å². The molecule has 0 spiro atoms. The number of phenolic OH excluding ortho intramolecular Hbond substituents is 1. The Bertz CT molecular complexity index is 1040. The van der Waals surface area contributed by atoms with Crippen LogP contribution in [0.25, 0.3) is 21.5 Å². The lowest BCUT2D eigenvalue weighted by Gasteiger charge is -2.14. The first kappa shape index (κ1) is 17.2. The van der Waals surface area contributed by atoms with Gasteiger partial charge < -0.3 is 14.6 Å². The van der Waals surface area contributed by atoms with Crippen molar-refractivity contribution in [1.82, 2.24) is 0 Å². The third kappa shape index (κ3) is 3.17. The average Bonchev–Trinajstić information content (AvgIpc) is 2.73. The minimum Gasteiger partial charge on any atom is -0.507 e. The van der Waals surface area contributed by atoms with Gasteiger partial charge in [-0.15, -0.1) is 0 Å². The summed E-state index contributed by atoms with van der Waals surface area (Å²) in [6, 6.07) is 22.1. The number of aromatic hydroxyl groups is 1. The van der Waals surface area contributed by atoms with Crippen molar-refractivity contribution < 1.29 is 14.6 Å². The predicted molar refractivity (Wildman–Crippen MR) is 110 cm³/mol. The van der Waals surface area contributed by atoms with Crippen molar-refractivity contribution >= 4 is 21.5 Å². The summed E-state index contributed by atoms with van der Waals surface area (Å²) in [4.78, 5) is 0. The second-order valence-electron chi connectivity index (χ2n) is 6.64. The zero-order valence-corrected chi connectivity index (χ0v) is 15.5. The zero-order chi connectivity index (χ0) is 18.8. The summed E-state index contributed by atoms with van der Waals surface area (Å²) < 4.78 is 10.8. The predicted octanol–water partition coefficient (Wildman–Crippen LogP) is 5.50. The van der Waals surface area contributed by atoms with Crippen LogP contribution < -0.4 is 9.47 Å². The Balaban J connectivity index is 1.81. The third-order valence-electron chi connectivity index (χ3n) is 5.09. The highest BCUT2D eigenvalue weighted by atomic mass is 16.5. The summed E-state index contributed by atoms with van der Waals surface area (Å²) in [5.74, 6) is 1.95. The minimum atomic E-state index is 0.355. The van der Waals surface area contributed by atoms with E-state index in [1.807, 2.05) is 54.6 Å². The quantitative estimate of drug-likeness (QED) is 0.479. The van der Waals surface area contributed by atoms with Gasteiger partial charge in [-0.3, -0.25) is 0 Å². The van der Waals surface area contributed by atoms with Crippen molar-refractivity contribution in [3.05, 3.63) is 77.9 Å². The van der Waals surface area contributed by atoms with E-state index in [1.54, 1.807) is 14.2 Å². The zero-order valence-electron chi connectivity index (χ0n) is 15.5. The fraction of sp³-hybridized carbons (Fsp3) is 0.167. The van der Waals surface area contributed by atoms with Crippen LogP contribution in [0.2, 0.25) is 0 Å². The van der Waals surface area contributed by atoms with E-state index in [-0.39, 0.29) is 0 Å². The van der Waals surface area contributed by atoms with E-state index in [0.717, 1.165) is 51.4 Å². The number of hydrogen-bond donors (Lipinski definition) is 1. The first-order valence-corrected chi connectivity index (χ1v) is 9.04. The monoisotopic (exact) mass is 358 g/mol. The second-order valence-corrected chi connectivity index (χ2v) is 6.64. The molecular weight excluding hydrogens is 336 g/mol. The maximum atomic E-state index is 10.7. The molecule has 0 heterocycles. The van der Waals surface area contributed by atoms with E-state index in [1.165, 1.54) is 5.56 Å². The summed E-state index contributed by atoms with van der Waals surface area (Å²) in [5, 5.41) is 14.7. The fourth-order valence-corrected chi connectivity index (χ4v) is 3.75. The Kier molecular flexibility index (Phi) is 4.59. The maximum absolute atomic E-state index is 10.7. The van der Waals surface area contributed by atoms with Crippen LogP contribution in [-0.4, -0.2) is 19.3 Å². The van der Waals surface area contributed by atoms with E-state index in [4.69, 9.17) is 9.47 Å². The molecule has 136 valence electrons. The highest BCUT2D eigenvalue weighted by Crippen LogP contribution is 2.38. The van der Waals surface area contributed by atoms with Gasteiger partial charge in [0.1, 0.15) is 17.2 Å². The molecule has 0 amide bonds. The molecule has 0 saturated carbocycles. The summed E-state index contributed by atoms with van der Waals surface area (Å²) in [7, 11) is 3.33. The molecule has 4 aromatic carbocycles. The number of rotatable bonds is 5. The third-order valence-corrected chi connectivity index (χ3v) is 5.09. The molecule has 3 nitrogen and oxygen atoms in total. The topological polar surface area (TPSA) is 38.7 Å². The molecule has 0 atom stereocenters. The lowest BCUT2D eigenvalue weighted by molar-refractivity contribution is 0.393. The summed E-state index contributed by atoms with van der Waals surface area (Å²) in [6.07, 6.45) is 1.71. The molecule has 0 aliphatic carbocycles. The molecular formula is C24H22O3. The molecule has 0 fully saturated rings. The van der Waals surface area contributed by atoms with Gasteiger partial charge in [0.15, 0.2) is 0 Å². The minimum absolute atomic E-state index is 0.355. The summed E-state index contributed by atoms with van der Waals surface area (Å²) in [6.45, 7) is 0. The molecule has 0 aromatic heterocycles. The SMILES string of the molecule is COc1cc(CCc2c3ccccc3c(O)c3ccccc23)cc(OC)c1. The highest BCUT2D eigenvalue weighted by Gasteiger charge is 2.13. The molecule has 0 aliphatic rings. The first-order valence-electron chi connectivity index (χ1n) is 9.04. The van der Waals surface area contributed by atoms with Crippen molar-refractivity contribution in [2.45, 2.75) is 12.8 Å². The van der Waals surface area contributed by atoms with Gasteiger partial charge in [-0.25, -0.2) is 0 Å². The van der Waals surface area contributed by atoms with Gasteiger partial charge in [0.2, 0.25) is 0 Å². The largest absolute Gasteiger partial charge is 0.507 e. The molecule has 0 saturated heterocycles. The van der Waals surface area contributed by atoms with Crippen LogP contribution in [0.15, 0.2) is 66.7 Å². The van der Waals surface area contributed by atoms with E-state index in [0.29, 0.717) is 5.75 Å². The lowest BCUT2D eigenvalue weighted by atomic mass is 9.92. The van der Waals surface area contributed by atoms with Gasteiger partial charge in [-0.05, 0) is 46.9 Å². The maximum Gasteiger partial charge on any atom is 0.131 e. The van der Waals surface area contributed by atoms with Crippen LogP contribution in [0.3, 0.4) is 0 Å². The number of ether oxygens (including phenoxy) is 2. The Labute approximate surface area is 158 Å². The molecule has 0 radical (unpaired) electrons. The Morgan fingerprint density at radius 1 is 0.667 bits per heavy atom. The number of aryl methyl sites for hydroxylation is 2. The van der Waals surface area contributed by atoms with Gasteiger partial charge in [0.05, 0.1) is 14.2 Å². The fourth-order valence-electron chi connectivity index (χ4n) is 3.75. The normalized spacial score (nSPS) is 11.0. The van der Waals surface area contributed by atoms with Crippen LogP contribution in [0.4, 0.5) is 0 Å². The molecule has 3 heteroatoms. The Morgan fingerprint density at radius 2 is 1.15 bits per heavy atom. The van der Waals surface area contributed by atoms with Gasteiger partial charge in [-0.2, -0.15) is 0 Å². The van der Waals surface area contributed by atoms with E-state index in [2.05, 4.69) is 12.1 Å². The van der Waals surface area contributed by atoms with Gasteiger partial charge in [-0.1, -0.05) is 48.5 Å². The van der Waals surface area contributed by atoms with Crippen LogP contribution >= 0.6 is 0 Å². The van der Waals surface area contributed by atoms with Crippen molar-refractivity contribution in [2.75, 3.05) is 14.2 Å². The van der Waals surface area contributed by atoms with E-state index < -0.39 is 0 Å². The number of methoxy groups -OCH3 is 2. The van der Waals surface area contributed by atoms with Crippen LogP contribution in [-0.2, 0) is 12.8 Å². The van der Waals surface area contributed by atoms with Crippen molar-refractivity contribution in [2.24, 2.45) is 0 Å². The standard InChI is InChI=1S/C24H22O3/c1-26-17-13-16(14-18(15-17)27-2)11-12-21-19-7-3-5-9-22(19)24(25)23-10-6-4-8-20(21)23/h3-10,13-15,25H,11-12H2,1-2H3. The average molecular weight is 358 g/mol.